The topological polar surface area (TPSA) is 78.6 Å². The molecule has 0 amide bonds. The molecule has 5 nitrogen and oxygen atoms in total. The van der Waals surface area contributed by atoms with Gasteiger partial charge >= 0.3 is 12.1 Å². The van der Waals surface area contributed by atoms with E-state index in [1.807, 2.05) is 6.92 Å². The fourth-order valence-electron chi connectivity index (χ4n) is 1.55. The summed E-state index contributed by atoms with van der Waals surface area (Å²) in [4.78, 5) is 22.8. The molecule has 16 heavy (non-hydrogen) atoms. The fourth-order valence-corrected chi connectivity index (χ4v) is 1.55. The van der Waals surface area contributed by atoms with Crippen LogP contribution in [0.15, 0.2) is 0 Å². The fraction of sp³-hybridized carbons (Fsp3) is 0.818. The first-order valence-corrected chi connectivity index (χ1v) is 5.43. The first-order chi connectivity index (χ1) is 7.19. The third-order valence-electron chi connectivity index (χ3n) is 2.59. The first kappa shape index (κ1) is 13.0. The van der Waals surface area contributed by atoms with Crippen molar-refractivity contribution in [3.05, 3.63) is 0 Å². The molecule has 1 aliphatic rings. The van der Waals surface area contributed by atoms with Crippen LogP contribution in [0.4, 0.5) is 4.79 Å². The highest BCUT2D eigenvalue weighted by Crippen LogP contribution is 2.44. The zero-order chi connectivity index (χ0) is 12.6. The van der Waals surface area contributed by atoms with Crippen molar-refractivity contribution in [2.75, 3.05) is 0 Å². The largest absolute Gasteiger partial charge is 0.516 e. The molecule has 1 aliphatic carbocycles. The van der Waals surface area contributed by atoms with Gasteiger partial charge in [0.1, 0.15) is 11.1 Å². The highest BCUT2D eigenvalue weighted by Gasteiger charge is 2.58. The summed E-state index contributed by atoms with van der Waals surface area (Å²) in [6.07, 6.45) is 0.398. The molecule has 0 aliphatic heterocycles. The normalized spacial score (nSPS) is 28.4. The van der Waals surface area contributed by atoms with E-state index in [4.69, 9.17) is 10.5 Å². The van der Waals surface area contributed by atoms with Gasteiger partial charge in [-0.3, -0.25) is 0 Å². The van der Waals surface area contributed by atoms with Crippen LogP contribution in [-0.2, 0) is 14.3 Å². The summed E-state index contributed by atoms with van der Waals surface area (Å²) in [6, 6.07) is 0. The van der Waals surface area contributed by atoms with Crippen LogP contribution in [0.25, 0.3) is 0 Å². The summed E-state index contributed by atoms with van der Waals surface area (Å²) in [5, 5.41) is 0. The third-order valence-corrected chi connectivity index (χ3v) is 2.59. The van der Waals surface area contributed by atoms with E-state index in [9.17, 15) is 9.59 Å². The minimum Gasteiger partial charge on any atom is -0.428 e. The van der Waals surface area contributed by atoms with Gasteiger partial charge in [0, 0.05) is 0 Å². The van der Waals surface area contributed by atoms with Crippen LogP contribution < -0.4 is 5.73 Å². The molecule has 0 saturated heterocycles. The maximum Gasteiger partial charge on any atom is 0.516 e. The molecule has 0 heterocycles. The number of esters is 1. The number of ether oxygens (including phenoxy) is 2. The van der Waals surface area contributed by atoms with E-state index in [0.717, 1.165) is 6.42 Å². The molecule has 0 aromatic rings. The van der Waals surface area contributed by atoms with Gasteiger partial charge in [-0.25, -0.2) is 9.59 Å². The van der Waals surface area contributed by atoms with Crippen LogP contribution in [0.3, 0.4) is 0 Å². The van der Waals surface area contributed by atoms with Crippen molar-refractivity contribution in [2.24, 2.45) is 11.7 Å². The predicted octanol–water partition coefficient (Wildman–Crippen LogP) is 1.59. The summed E-state index contributed by atoms with van der Waals surface area (Å²) in [5.41, 5.74) is 4.12. The quantitative estimate of drug-likeness (QED) is 0.574. The Morgan fingerprint density at radius 1 is 1.44 bits per heavy atom. The minimum absolute atomic E-state index is 0.113. The first-order valence-electron chi connectivity index (χ1n) is 5.43. The predicted molar refractivity (Wildman–Crippen MR) is 57.6 cm³/mol. The summed E-state index contributed by atoms with van der Waals surface area (Å²) >= 11 is 0. The van der Waals surface area contributed by atoms with Gasteiger partial charge in [0.2, 0.25) is 0 Å². The van der Waals surface area contributed by atoms with Crippen molar-refractivity contribution in [1.29, 1.82) is 0 Å². The molecule has 92 valence electrons. The lowest BCUT2D eigenvalue weighted by atomic mass is 10.2. The minimum atomic E-state index is -0.982. The van der Waals surface area contributed by atoms with Crippen molar-refractivity contribution < 1.29 is 19.1 Å². The van der Waals surface area contributed by atoms with Gasteiger partial charge in [-0.15, -0.1) is 0 Å². The number of hydrogen-bond acceptors (Lipinski definition) is 5. The molecule has 2 unspecified atom stereocenters. The van der Waals surface area contributed by atoms with E-state index in [2.05, 4.69) is 4.74 Å². The van der Waals surface area contributed by atoms with E-state index >= 15 is 0 Å². The Hall–Kier alpha value is -1.10. The third kappa shape index (κ3) is 2.95. The Bertz CT molecular complexity index is 308. The van der Waals surface area contributed by atoms with Crippen LogP contribution in [0.2, 0.25) is 0 Å². The number of hydrogen-bond donors (Lipinski definition) is 1. The number of nitrogens with two attached hydrogens (primary N) is 1. The van der Waals surface area contributed by atoms with Gasteiger partial charge in [-0.1, -0.05) is 13.3 Å². The SMILES string of the molecule is CCC1CC1(N)C(=O)OC(=O)OC(C)(C)C. The van der Waals surface area contributed by atoms with Crippen LogP contribution in [0, 0.1) is 5.92 Å². The summed E-state index contributed by atoms with van der Waals surface area (Å²) in [7, 11) is 0. The van der Waals surface area contributed by atoms with E-state index < -0.39 is 23.3 Å². The molecule has 2 atom stereocenters. The summed E-state index contributed by atoms with van der Waals surface area (Å²) in [6.45, 7) is 7.04. The highest BCUT2D eigenvalue weighted by atomic mass is 16.7. The lowest BCUT2D eigenvalue weighted by molar-refractivity contribution is -0.144. The maximum atomic E-state index is 11.5. The second-order valence-electron chi connectivity index (χ2n) is 5.20. The lowest BCUT2D eigenvalue weighted by Gasteiger charge is -2.19. The van der Waals surface area contributed by atoms with Crippen molar-refractivity contribution in [2.45, 2.75) is 51.7 Å². The van der Waals surface area contributed by atoms with E-state index in [1.54, 1.807) is 20.8 Å². The maximum absolute atomic E-state index is 11.5. The smallest absolute Gasteiger partial charge is 0.428 e. The lowest BCUT2D eigenvalue weighted by Crippen LogP contribution is -2.39. The Balaban J connectivity index is 2.45. The average molecular weight is 229 g/mol. The second-order valence-corrected chi connectivity index (χ2v) is 5.20. The molecular weight excluding hydrogens is 210 g/mol. The molecule has 0 aromatic heterocycles. The molecule has 0 bridgehead atoms. The van der Waals surface area contributed by atoms with Crippen LogP contribution in [0.5, 0.6) is 0 Å². The van der Waals surface area contributed by atoms with Crippen molar-refractivity contribution >= 4 is 12.1 Å². The molecule has 0 radical (unpaired) electrons. The summed E-state index contributed by atoms with van der Waals surface area (Å²) in [5.74, 6) is -0.573. The average Bonchev–Trinajstić information content (AvgIpc) is 2.75. The Morgan fingerprint density at radius 3 is 2.38 bits per heavy atom. The van der Waals surface area contributed by atoms with Gasteiger partial charge in [-0.05, 0) is 33.1 Å². The van der Waals surface area contributed by atoms with E-state index in [0.29, 0.717) is 6.42 Å². The second kappa shape index (κ2) is 4.05. The van der Waals surface area contributed by atoms with E-state index in [1.165, 1.54) is 0 Å². The van der Waals surface area contributed by atoms with Crippen LogP contribution in [-0.4, -0.2) is 23.3 Å². The number of rotatable bonds is 2. The van der Waals surface area contributed by atoms with Crippen LogP contribution >= 0.6 is 0 Å². The van der Waals surface area contributed by atoms with Gasteiger partial charge < -0.3 is 15.2 Å². The molecule has 1 saturated carbocycles. The van der Waals surface area contributed by atoms with E-state index in [-0.39, 0.29) is 5.92 Å². The Labute approximate surface area is 95.3 Å². The van der Waals surface area contributed by atoms with Crippen LogP contribution in [0.1, 0.15) is 40.5 Å². The Kier molecular flexibility index (Phi) is 3.28. The number of carbonyl (C=O) groups is 2. The molecule has 1 rings (SSSR count). The molecule has 5 heteroatoms. The number of carbonyl (C=O) groups excluding carboxylic acids is 2. The Morgan fingerprint density at radius 2 is 2.00 bits per heavy atom. The summed E-state index contributed by atoms with van der Waals surface area (Å²) < 4.78 is 9.42. The van der Waals surface area contributed by atoms with Gasteiger partial charge in [0.05, 0.1) is 0 Å². The molecule has 0 aromatic carbocycles. The van der Waals surface area contributed by atoms with Gasteiger partial charge in [-0.2, -0.15) is 0 Å². The zero-order valence-electron chi connectivity index (χ0n) is 10.2. The van der Waals surface area contributed by atoms with Crippen molar-refractivity contribution in [1.82, 2.24) is 0 Å². The molecular formula is C11H19NO4. The van der Waals surface area contributed by atoms with Crippen molar-refractivity contribution in [3.8, 4) is 0 Å². The molecule has 1 fully saturated rings. The van der Waals surface area contributed by atoms with Gasteiger partial charge in [0.25, 0.3) is 0 Å². The molecule has 0 spiro atoms. The van der Waals surface area contributed by atoms with Gasteiger partial charge in [0.15, 0.2) is 0 Å². The molecule has 2 N–H and O–H groups in total. The standard InChI is InChI=1S/C11H19NO4/c1-5-7-6-11(7,12)8(13)15-9(14)16-10(2,3)4/h7H,5-6,12H2,1-4H3. The monoisotopic (exact) mass is 229 g/mol. The zero-order valence-corrected chi connectivity index (χ0v) is 10.2. The highest BCUT2D eigenvalue weighted by molar-refractivity contribution is 5.91. The van der Waals surface area contributed by atoms with Crippen molar-refractivity contribution in [3.63, 3.8) is 0 Å².